The lowest BCUT2D eigenvalue weighted by Gasteiger charge is -2.21. The van der Waals surface area contributed by atoms with Crippen LogP contribution in [0.5, 0.6) is 5.75 Å². The third-order valence-corrected chi connectivity index (χ3v) is 3.68. The number of rotatable bonds is 6. The molecule has 6 nitrogen and oxygen atoms in total. The van der Waals surface area contributed by atoms with E-state index in [0.717, 1.165) is 11.3 Å². The number of amides is 2. The number of hydrogen-bond acceptors (Lipinski definition) is 4. The van der Waals surface area contributed by atoms with Gasteiger partial charge in [0, 0.05) is 24.0 Å². The van der Waals surface area contributed by atoms with Crippen LogP contribution in [-0.4, -0.2) is 25.3 Å². The fourth-order valence-corrected chi connectivity index (χ4v) is 2.40. The third kappa shape index (κ3) is 6.33. The predicted molar refractivity (Wildman–Crippen MR) is 106 cm³/mol. The summed E-state index contributed by atoms with van der Waals surface area (Å²) in [4.78, 5) is 25.9. The molecule has 0 saturated carbocycles. The summed E-state index contributed by atoms with van der Waals surface area (Å²) < 4.78 is 10.6. The highest BCUT2D eigenvalue weighted by molar-refractivity contribution is 5.89. The molecule has 0 unspecified atom stereocenters. The van der Waals surface area contributed by atoms with Crippen LogP contribution in [0.3, 0.4) is 0 Å². The number of benzene rings is 2. The smallest absolute Gasteiger partial charge is 0.419 e. The summed E-state index contributed by atoms with van der Waals surface area (Å²) in [6.07, 6.45) is -1.02. The van der Waals surface area contributed by atoms with E-state index in [2.05, 4.69) is 5.32 Å². The monoisotopic (exact) mass is 370 g/mol. The van der Waals surface area contributed by atoms with Crippen LogP contribution >= 0.6 is 0 Å². The van der Waals surface area contributed by atoms with Gasteiger partial charge in [0.2, 0.25) is 0 Å². The Kier molecular flexibility index (Phi) is 7.23. The summed E-state index contributed by atoms with van der Waals surface area (Å²) in [7, 11) is 0. The first-order valence-corrected chi connectivity index (χ1v) is 8.99. The van der Waals surface area contributed by atoms with Crippen molar-refractivity contribution in [3.63, 3.8) is 0 Å². The van der Waals surface area contributed by atoms with Crippen LogP contribution < -0.4 is 15.0 Å². The van der Waals surface area contributed by atoms with Gasteiger partial charge in [0.15, 0.2) is 0 Å². The number of anilines is 2. The van der Waals surface area contributed by atoms with Crippen molar-refractivity contribution in [1.82, 2.24) is 0 Å². The highest BCUT2D eigenvalue weighted by Gasteiger charge is 2.17. The van der Waals surface area contributed by atoms with Gasteiger partial charge in [-0.25, -0.2) is 9.59 Å². The Bertz CT molecular complexity index is 789. The van der Waals surface area contributed by atoms with Gasteiger partial charge in [-0.15, -0.1) is 0 Å². The first-order chi connectivity index (χ1) is 12.9. The molecule has 144 valence electrons. The second-order valence-electron chi connectivity index (χ2n) is 6.60. The van der Waals surface area contributed by atoms with Gasteiger partial charge in [0.25, 0.3) is 0 Å². The number of carbonyl (C=O) groups is 2. The molecular formula is C21H26N2O4. The predicted octanol–water partition coefficient (Wildman–Crippen LogP) is 5.22. The van der Waals surface area contributed by atoms with Crippen molar-refractivity contribution in [3.8, 4) is 5.75 Å². The average Bonchev–Trinajstić information content (AvgIpc) is 2.61. The second kappa shape index (κ2) is 9.62. The minimum Gasteiger partial charge on any atom is -0.449 e. The van der Waals surface area contributed by atoms with E-state index < -0.39 is 12.2 Å². The van der Waals surface area contributed by atoms with Crippen LogP contribution in [0.4, 0.5) is 21.0 Å². The highest BCUT2D eigenvalue weighted by atomic mass is 16.6. The highest BCUT2D eigenvalue weighted by Crippen LogP contribution is 2.21. The fraction of sp³-hybridized carbons (Fsp3) is 0.333. The number of hydrogen-bond donors (Lipinski definition) is 1. The quantitative estimate of drug-likeness (QED) is 0.756. The van der Waals surface area contributed by atoms with Crippen LogP contribution in [0.2, 0.25) is 0 Å². The Hall–Kier alpha value is -3.02. The molecule has 27 heavy (non-hydrogen) atoms. The lowest BCUT2D eigenvalue weighted by atomic mass is 10.2. The molecule has 2 aromatic rings. The molecule has 0 radical (unpaired) electrons. The van der Waals surface area contributed by atoms with Gasteiger partial charge in [-0.05, 0) is 49.6 Å². The summed E-state index contributed by atoms with van der Waals surface area (Å²) in [5.74, 6) is 0.595. The van der Waals surface area contributed by atoms with Gasteiger partial charge in [0.1, 0.15) is 5.75 Å². The Morgan fingerprint density at radius 2 is 1.85 bits per heavy atom. The Balaban J connectivity index is 2.04. The first-order valence-electron chi connectivity index (χ1n) is 8.99. The van der Waals surface area contributed by atoms with E-state index in [1.165, 1.54) is 0 Å². The summed E-state index contributed by atoms with van der Waals surface area (Å²) in [5.41, 5.74) is 2.33. The fourth-order valence-electron chi connectivity index (χ4n) is 2.40. The van der Waals surface area contributed by atoms with E-state index in [4.69, 9.17) is 9.47 Å². The van der Waals surface area contributed by atoms with E-state index >= 15 is 0 Å². The normalized spacial score (nSPS) is 10.4. The van der Waals surface area contributed by atoms with Gasteiger partial charge in [-0.3, -0.25) is 10.2 Å². The molecule has 0 bridgehead atoms. The van der Waals surface area contributed by atoms with Gasteiger partial charge in [-0.2, -0.15) is 0 Å². The summed E-state index contributed by atoms with van der Waals surface area (Å²) >= 11 is 0. The second-order valence-corrected chi connectivity index (χ2v) is 6.60. The molecule has 0 saturated heterocycles. The molecular weight excluding hydrogens is 344 g/mol. The zero-order valence-corrected chi connectivity index (χ0v) is 16.2. The molecule has 0 fully saturated rings. The van der Waals surface area contributed by atoms with E-state index in [-0.39, 0.29) is 5.92 Å². The van der Waals surface area contributed by atoms with Crippen LogP contribution in [0, 0.1) is 12.8 Å². The maximum Gasteiger partial charge on any atom is 0.419 e. The molecule has 0 aliphatic heterocycles. The van der Waals surface area contributed by atoms with E-state index in [9.17, 15) is 9.59 Å². The molecule has 1 N–H and O–H groups in total. The number of ether oxygens (including phenoxy) is 2. The largest absolute Gasteiger partial charge is 0.449 e. The van der Waals surface area contributed by atoms with Gasteiger partial charge >= 0.3 is 12.2 Å². The van der Waals surface area contributed by atoms with Crippen molar-refractivity contribution in [1.29, 1.82) is 0 Å². The van der Waals surface area contributed by atoms with Gasteiger partial charge < -0.3 is 9.47 Å². The molecule has 0 heterocycles. The van der Waals surface area contributed by atoms with Crippen LogP contribution in [0.15, 0.2) is 48.5 Å². The Morgan fingerprint density at radius 1 is 1.11 bits per heavy atom. The molecule has 2 amide bonds. The number of carbonyl (C=O) groups excluding carboxylic acids is 2. The van der Waals surface area contributed by atoms with E-state index in [0.29, 0.717) is 24.6 Å². The van der Waals surface area contributed by atoms with Crippen molar-refractivity contribution in [2.75, 3.05) is 23.4 Å². The standard InChI is InChI=1S/C21H26N2O4/c1-5-23(18-10-6-8-16(4)12-18)21(25)27-19-11-7-9-17(13-19)22-20(24)26-14-15(2)3/h6-13,15H,5,14H2,1-4H3,(H,22,24). The van der Waals surface area contributed by atoms with Crippen LogP contribution in [0.25, 0.3) is 0 Å². The minimum atomic E-state index is -0.540. The summed E-state index contributed by atoms with van der Waals surface area (Å²) in [6, 6.07) is 14.3. The van der Waals surface area contributed by atoms with Crippen molar-refractivity contribution < 1.29 is 19.1 Å². The Morgan fingerprint density at radius 3 is 2.52 bits per heavy atom. The molecule has 0 atom stereocenters. The zero-order chi connectivity index (χ0) is 19.8. The van der Waals surface area contributed by atoms with E-state index in [1.54, 1.807) is 29.2 Å². The maximum absolute atomic E-state index is 12.6. The van der Waals surface area contributed by atoms with Crippen LogP contribution in [-0.2, 0) is 4.74 Å². The number of aryl methyl sites for hydroxylation is 1. The lowest BCUT2D eigenvalue weighted by Crippen LogP contribution is -2.33. The van der Waals surface area contributed by atoms with Crippen molar-refractivity contribution >= 4 is 23.6 Å². The van der Waals surface area contributed by atoms with Gasteiger partial charge in [-0.1, -0.05) is 32.0 Å². The summed E-state index contributed by atoms with van der Waals surface area (Å²) in [5, 5.41) is 2.63. The molecule has 0 spiro atoms. The number of nitrogens with one attached hydrogen (secondary N) is 1. The lowest BCUT2D eigenvalue weighted by molar-refractivity contribution is 0.147. The maximum atomic E-state index is 12.6. The average molecular weight is 370 g/mol. The topological polar surface area (TPSA) is 67.9 Å². The molecule has 2 rings (SSSR count). The third-order valence-electron chi connectivity index (χ3n) is 3.68. The van der Waals surface area contributed by atoms with Crippen molar-refractivity contribution in [3.05, 3.63) is 54.1 Å². The van der Waals surface area contributed by atoms with E-state index in [1.807, 2.05) is 52.0 Å². The molecule has 0 aliphatic carbocycles. The molecule has 2 aromatic carbocycles. The van der Waals surface area contributed by atoms with Crippen molar-refractivity contribution in [2.24, 2.45) is 5.92 Å². The SMILES string of the molecule is CCN(C(=O)Oc1cccc(NC(=O)OCC(C)C)c1)c1cccc(C)c1. The molecule has 0 aliphatic rings. The van der Waals surface area contributed by atoms with Crippen LogP contribution in [0.1, 0.15) is 26.3 Å². The van der Waals surface area contributed by atoms with Crippen molar-refractivity contribution in [2.45, 2.75) is 27.7 Å². The Labute approximate surface area is 160 Å². The van der Waals surface area contributed by atoms with Gasteiger partial charge in [0.05, 0.1) is 6.61 Å². The molecule has 6 heteroatoms. The first kappa shape index (κ1) is 20.3. The molecule has 0 aromatic heterocycles. The summed E-state index contributed by atoms with van der Waals surface area (Å²) in [6.45, 7) is 8.58. The minimum absolute atomic E-state index is 0.254. The zero-order valence-electron chi connectivity index (χ0n) is 16.2. The number of nitrogens with zero attached hydrogens (tertiary/aromatic N) is 1.